The van der Waals surface area contributed by atoms with Crippen LogP contribution in [0.3, 0.4) is 0 Å². The predicted molar refractivity (Wildman–Crippen MR) is 97.4 cm³/mol. The molecule has 0 spiro atoms. The SMILES string of the molecule is CCOCc1cc(C(=O)Nc2cc(Cl)ccc2Cl)ccc1OCC. The van der Waals surface area contributed by atoms with E-state index in [2.05, 4.69) is 5.32 Å². The lowest BCUT2D eigenvalue weighted by Gasteiger charge is -2.13. The lowest BCUT2D eigenvalue weighted by Crippen LogP contribution is -2.13. The number of ether oxygens (including phenoxy) is 2. The molecule has 0 aliphatic rings. The molecule has 0 aromatic heterocycles. The van der Waals surface area contributed by atoms with Crippen LogP contribution in [-0.2, 0) is 11.3 Å². The van der Waals surface area contributed by atoms with E-state index >= 15 is 0 Å². The van der Waals surface area contributed by atoms with Gasteiger partial charge < -0.3 is 14.8 Å². The topological polar surface area (TPSA) is 47.6 Å². The fourth-order valence-corrected chi connectivity index (χ4v) is 2.47. The third-order valence-corrected chi connectivity index (χ3v) is 3.83. The Balaban J connectivity index is 2.23. The average Bonchev–Trinajstić information content (AvgIpc) is 2.57. The molecule has 0 fully saturated rings. The molecule has 128 valence electrons. The Morgan fingerprint density at radius 1 is 1.08 bits per heavy atom. The molecule has 4 nitrogen and oxygen atoms in total. The molecule has 0 unspecified atom stereocenters. The number of nitrogens with one attached hydrogen (secondary N) is 1. The van der Waals surface area contributed by atoms with E-state index in [1.165, 1.54) is 0 Å². The van der Waals surface area contributed by atoms with Gasteiger partial charge in [0.25, 0.3) is 5.91 Å². The fourth-order valence-electron chi connectivity index (χ4n) is 2.13. The van der Waals surface area contributed by atoms with Crippen LogP contribution in [0.5, 0.6) is 5.75 Å². The zero-order chi connectivity index (χ0) is 17.5. The predicted octanol–water partition coefficient (Wildman–Crippen LogP) is 5.18. The number of carbonyl (C=O) groups is 1. The number of hydrogen-bond donors (Lipinski definition) is 1. The van der Waals surface area contributed by atoms with Gasteiger partial charge in [-0.1, -0.05) is 23.2 Å². The number of rotatable bonds is 7. The highest BCUT2D eigenvalue weighted by Crippen LogP contribution is 2.27. The summed E-state index contributed by atoms with van der Waals surface area (Å²) < 4.78 is 11.0. The fraction of sp³-hybridized carbons (Fsp3) is 0.278. The van der Waals surface area contributed by atoms with Crippen molar-refractivity contribution in [2.45, 2.75) is 20.5 Å². The van der Waals surface area contributed by atoms with Crippen LogP contribution in [-0.4, -0.2) is 19.1 Å². The van der Waals surface area contributed by atoms with Crippen molar-refractivity contribution >= 4 is 34.8 Å². The standard InChI is InChI=1S/C18H19Cl2NO3/c1-3-23-11-13-9-12(5-8-17(13)24-4-2)18(22)21-16-10-14(19)6-7-15(16)20/h5-10H,3-4,11H2,1-2H3,(H,21,22). The molecule has 0 atom stereocenters. The minimum Gasteiger partial charge on any atom is -0.494 e. The van der Waals surface area contributed by atoms with Gasteiger partial charge in [0.1, 0.15) is 5.75 Å². The van der Waals surface area contributed by atoms with Crippen LogP contribution >= 0.6 is 23.2 Å². The van der Waals surface area contributed by atoms with Gasteiger partial charge in [-0.2, -0.15) is 0 Å². The molecule has 1 amide bonds. The van der Waals surface area contributed by atoms with E-state index in [1.807, 2.05) is 13.8 Å². The van der Waals surface area contributed by atoms with Crippen LogP contribution in [0.25, 0.3) is 0 Å². The van der Waals surface area contributed by atoms with Crippen LogP contribution in [0, 0.1) is 0 Å². The van der Waals surface area contributed by atoms with E-state index in [-0.39, 0.29) is 5.91 Å². The van der Waals surface area contributed by atoms with E-state index in [0.29, 0.717) is 46.9 Å². The first-order chi connectivity index (χ1) is 11.5. The summed E-state index contributed by atoms with van der Waals surface area (Å²) in [4.78, 5) is 12.5. The molecule has 1 N–H and O–H groups in total. The molecule has 24 heavy (non-hydrogen) atoms. The summed E-state index contributed by atoms with van der Waals surface area (Å²) in [5.41, 5.74) is 1.78. The van der Waals surface area contributed by atoms with Crippen molar-refractivity contribution in [1.29, 1.82) is 0 Å². The van der Waals surface area contributed by atoms with Gasteiger partial charge >= 0.3 is 0 Å². The van der Waals surface area contributed by atoms with Crippen LogP contribution in [0.1, 0.15) is 29.8 Å². The van der Waals surface area contributed by atoms with Crippen molar-refractivity contribution in [3.05, 3.63) is 57.6 Å². The summed E-state index contributed by atoms with van der Waals surface area (Å²) in [6, 6.07) is 10.1. The highest BCUT2D eigenvalue weighted by molar-refractivity contribution is 6.35. The minimum atomic E-state index is -0.278. The summed E-state index contributed by atoms with van der Waals surface area (Å²) in [7, 11) is 0. The number of anilines is 1. The Morgan fingerprint density at radius 3 is 2.58 bits per heavy atom. The molecule has 2 aromatic rings. The van der Waals surface area contributed by atoms with Crippen molar-refractivity contribution in [3.63, 3.8) is 0 Å². The Bertz CT molecular complexity index is 719. The summed E-state index contributed by atoms with van der Waals surface area (Å²) in [5.74, 6) is 0.434. The summed E-state index contributed by atoms with van der Waals surface area (Å²) in [5, 5.41) is 3.69. The zero-order valence-corrected chi connectivity index (χ0v) is 15.1. The van der Waals surface area contributed by atoms with E-state index in [4.69, 9.17) is 32.7 Å². The number of benzene rings is 2. The molecular formula is C18H19Cl2NO3. The van der Waals surface area contributed by atoms with Crippen molar-refractivity contribution in [1.82, 2.24) is 0 Å². The molecule has 0 bridgehead atoms. The Morgan fingerprint density at radius 2 is 1.88 bits per heavy atom. The molecule has 0 saturated carbocycles. The maximum atomic E-state index is 12.5. The van der Waals surface area contributed by atoms with Crippen LogP contribution in [0.4, 0.5) is 5.69 Å². The molecule has 6 heteroatoms. The van der Waals surface area contributed by atoms with Crippen LogP contribution in [0.15, 0.2) is 36.4 Å². The summed E-state index contributed by atoms with van der Waals surface area (Å²) >= 11 is 12.0. The number of carbonyl (C=O) groups excluding carboxylic acids is 1. The Labute approximate surface area is 151 Å². The second-order valence-electron chi connectivity index (χ2n) is 4.97. The number of hydrogen-bond acceptors (Lipinski definition) is 3. The lowest BCUT2D eigenvalue weighted by molar-refractivity contribution is 0.102. The smallest absolute Gasteiger partial charge is 0.255 e. The minimum absolute atomic E-state index is 0.278. The van der Waals surface area contributed by atoms with E-state index in [9.17, 15) is 4.79 Å². The van der Waals surface area contributed by atoms with Crippen molar-refractivity contribution in [2.24, 2.45) is 0 Å². The molecule has 0 aliphatic heterocycles. The first-order valence-electron chi connectivity index (χ1n) is 7.65. The third kappa shape index (κ3) is 4.87. The van der Waals surface area contributed by atoms with Crippen LogP contribution in [0.2, 0.25) is 10.0 Å². The summed E-state index contributed by atoms with van der Waals surface area (Å²) in [6.45, 7) is 5.33. The Kier molecular flexibility index (Phi) is 6.91. The largest absolute Gasteiger partial charge is 0.494 e. The summed E-state index contributed by atoms with van der Waals surface area (Å²) in [6.07, 6.45) is 0. The van der Waals surface area contributed by atoms with Gasteiger partial charge in [0.15, 0.2) is 0 Å². The maximum absolute atomic E-state index is 12.5. The highest BCUT2D eigenvalue weighted by atomic mass is 35.5. The second kappa shape index (κ2) is 8.92. The lowest BCUT2D eigenvalue weighted by atomic mass is 10.1. The maximum Gasteiger partial charge on any atom is 0.255 e. The highest BCUT2D eigenvalue weighted by Gasteiger charge is 2.12. The molecule has 0 aliphatic carbocycles. The van der Waals surface area contributed by atoms with E-state index in [1.54, 1.807) is 36.4 Å². The second-order valence-corrected chi connectivity index (χ2v) is 5.81. The normalized spacial score (nSPS) is 10.5. The van der Waals surface area contributed by atoms with Gasteiger partial charge in [0, 0.05) is 22.8 Å². The quantitative estimate of drug-likeness (QED) is 0.733. The molecule has 2 rings (SSSR count). The Hall–Kier alpha value is -1.75. The average molecular weight is 368 g/mol. The molecule has 0 radical (unpaired) electrons. The number of halogens is 2. The van der Waals surface area contributed by atoms with Gasteiger partial charge in [-0.15, -0.1) is 0 Å². The monoisotopic (exact) mass is 367 g/mol. The van der Waals surface area contributed by atoms with Gasteiger partial charge in [-0.3, -0.25) is 4.79 Å². The van der Waals surface area contributed by atoms with Crippen LogP contribution < -0.4 is 10.1 Å². The molecule has 0 heterocycles. The van der Waals surface area contributed by atoms with Gasteiger partial charge in [0.2, 0.25) is 0 Å². The molecule has 0 saturated heterocycles. The van der Waals surface area contributed by atoms with Gasteiger partial charge in [-0.05, 0) is 50.2 Å². The zero-order valence-electron chi connectivity index (χ0n) is 13.6. The number of amides is 1. The molecule has 2 aromatic carbocycles. The van der Waals surface area contributed by atoms with Crippen molar-refractivity contribution in [2.75, 3.05) is 18.5 Å². The van der Waals surface area contributed by atoms with Crippen molar-refractivity contribution in [3.8, 4) is 5.75 Å². The van der Waals surface area contributed by atoms with Gasteiger partial charge in [0.05, 0.1) is 23.9 Å². The first kappa shape index (κ1) is 18.6. The third-order valence-electron chi connectivity index (χ3n) is 3.26. The van der Waals surface area contributed by atoms with E-state index < -0.39 is 0 Å². The molecular weight excluding hydrogens is 349 g/mol. The van der Waals surface area contributed by atoms with E-state index in [0.717, 1.165) is 5.56 Å². The first-order valence-corrected chi connectivity index (χ1v) is 8.40. The van der Waals surface area contributed by atoms with Crippen molar-refractivity contribution < 1.29 is 14.3 Å². The van der Waals surface area contributed by atoms with Gasteiger partial charge in [-0.25, -0.2) is 0 Å².